The lowest BCUT2D eigenvalue weighted by molar-refractivity contribution is -0.130. The summed E-state index contributed by atoms with van der Waals surface area (Å²) in [5.74, 6) is -0.842. The van der Waals surface area contributed by atoms with Gasteiger partial charge in [0.15, 0.2) is 0 Å². The van der Waals surface area contributed by atoms with E-state index in [2.05, 4.69) is 25.8 Å². The Hall–Kier alpha value is -4.90. The first-order valence-corrected chi connectivity index (χ1v) is 18.5. The van der Waals surface area contributed by atoms with Crippen LogP contribution in [0.4, 0.5) is 21.5 Å². The Kier molecular flexibility index (Phi) is 12.4. The van der Waals surface area contributed by atoms with Crippen molar-refractivity contribution >= 4 is 34.8 Å². The smallest absolute Gasteiger partial charge is 0.255 e. The third-order valence-electron chi connectivity index (χ3n) is 10.1. The molecule has 3 N–H and O–H groups in total. The Morgan fingerprint density at radius 1 is 0.731 bits per heavy atom. The Bertz CT molecular complexity index is 1770. The Labute approximate surface area is 306 Å². The van der Waals surface area contributed by atoms with E-state index in [1.807, 2.05) is 92.7 Å². The molecule has 52 heavy (non-hydrogen) atoms. The second-order valence-corrected chi connectivity index (χ2v) is 13.5. The van der Waals surface area contributed by atoms with Crippen LogP contribution in [0.1, 0.15) is 62.3 Å². The summed E-state index contributed by atoms with van der Waals surface area (Å²) >= 11 is 0. The number of benzene rings is 4. The van der Waals surface area contributed by atoms with Gasteiger partial charge in [-0.15, -0.1) is 0 Å². The molecular formula is C42H49FN6O3. The molecule has 0 unspecified atom stereocenters. The lowest BCUT2D eigenvalue weighted by Crippen LogP contribution is -2.51. The predicted octanol–water partition coefficient (Wildman–Crippen LogP) is 6.42. The van der Waals surface area contributed by atoms with Gasteiger partial charge in [0.2, 0.25) is 5.91 Å². The van der Waals surface area contributed by atoms with Gasteiger partial charge in [0, 0.05) is 24.5 Å². The molecule has 2 aliphatic rings. The van der Waals surface area contributed by atoms with E-state index in [1.165, 1.54) is 17.0 Å². The first-order chi connectivity index (χ1) is 25.3. The fraction of sp³-hybridized carbons (Fsp3) is 0.357. The van der Waals surface area contributed by atoms with Crippen LogP contribution in [0.5, 0.6) is 0 Å². The number of anilines is 3. The number of rotatable bonds is 14. The van der Waals surface area contributed by atoms with Crippen LogP contribution in [-0.2, 0) is 27.5 Å². The second kappa shape index (κ2) is 17.5. The molecule has 4 aromatic rings. The van der Waals surface area contributed by atoms with E-state index in [9.17, 15) is 18.8 Å². The van der Waals surface area contributed by atoms with Crippen LogP contribution < -0.4 is 25.8 Å². The number of hydrogen-bond acceptors (Lipinski definition) is 7. The molecule has 2 heterocycles. The number of carbonyl (C=O) groups is 3. The van der Waals surface area contributed by atoms with Gasteiger partial charge >= 0.3 is 0 Å². The minimum absolute atomic E-state index is 0.0215. The molecule has 4 aromatic carbocycles. The van der Waals surface area contributed by atoms with Gasteiger partial charge < -0.3 is 20.9 Å². The van der Waals surface area contributed by atoms with Gasteiger partial charge in [-0.2, -0.15) is 0 Å². The highest BCUT2D eigenvalue weighted by Gasteiger charge is 2.38. The SMILES string of the molecule is CCN(CC)[C@@H](C(=O)N(C(=O)[C@@H]1CCCN1)c1ccc(CN(Cc2ccc(NC(=O)[C@@H]3CCCN3)cc2)c2ccc(F)cc2)cc1)c1ccccc1. The summed E-state index contributed by atoms with van der Waals surface area (Å²) < 4.78 is 14.0. The number of nitrogens with one attached hydrogen (secondary N) is 3. The summed E-state index contributed by atoms with van der Waals surface area (Å²) in [6, 6.07) is 30.3. The standard InChI is InChI=1S/C42H49FN6O3/c1-3-47(4-2)39(32-10-6-5-7-11-32)42(52)49(41(51)38-13-9-27-45-38)36-22-16-31(17-23-36)29-48(35-24-18-33(43)19-25-35)28-30-14-20-34(21-15-30)46-40(50)37-12-8-26-44-37/h5-7,10-11,14-25,37-39,44-45H,3-4,8-9,12-13,26-29H2,1-2H3,(H,46,50)/t37-,38-,39+/m0/s1. The van der Waals surface area contributed by atoms with E-state index >= 15 is 0 Å². The van der Waals surface area contributed by atoms with Crippen molar-refractivity contribution in [3.05, 3.63) is 126 Å². The summed E-state index contributed by atoms with van der Waals surface area (Å²) in [6.07, 6.45) is 3.39. The molecule has 0 aromatic heterocycles. The van der Waals surface area contributed by atoms with Crippen LogP contribution in [-0.4, -0.2) is 60.9 Å². The van der Waals surface area contributed by atoms with E-state index in [0.29, 0.717) is 38.3 Å². The van der Waals surface area contributed by atoms with Crippen LogP contribution in [0.25, 0.3) is 0 Å². The molecular weight excluding hydrogens is 655 g/mol. The van der Waals surface area contributed by atoms with Crippen LogP contribution >= 0.6 is 0 Å². The zero-order chi connectivity index (χ0) is 36.5. The topological polar surface area (TPSA) is 97.0 Å². The molecule has 10 heteroatoms. The Balaban J connectivity index is 1.24. The zero-order valence-corrected chi connectivity index (χ0v) is 30.1. The molecule has 272 valence electrons. The van der Waals surface area contributed by atoms with Gasteiger partial charge in [-0.25, -0.2) is 9.29 Å². The molecule has 2 aliphatic heterocycles. The van der Waals surface area contributed by atoms with Gasteiger partial charge in [0.05, 0.1) is 17.8 Å². The van der Waals surface area contributed by atoms with E-state index < -0.39 is 12.1 Å². The van der Waals surface area contributed by atoms with Gasteiger partial charge in [-0.1, -0.05) is 68.4 Å². The van der Waals surface area contributed by atoms with E-state index in [1.54, 1.807) is 12.1 Å². The maximum atomic E-state index is 14.6. The van der Waals surface area contributed by atoms with E-state index in [-0.39, 0.29) is 29.6 Å². The molecule has 3 amide bonds. The predicted molar refractivity (Wildman–Crippen MR) is 204 cm³/mol. The first kappa shape index (κ1) is 36.9. The second-order valence-electron chi connectivity index (χ2n) is 13.5. The fourth-order valence-corrected chi connectivity index (χ4v) is 7.18. The third-order valence-corrected chi connectivity index (χ3v) is 10.1. The van der Waals surface area contributed by atoms with Gasteiger partial charge in [-0.3, -0.25) is 19.3 Å². The summed E-state index contributed by atoms with van der Waals surface area (Å²) in [6.45, 7) is 7.99. The first-order valence-electron chi connectivity index (χ1n) is 18.5. The highest BCUT2D eigenvalue weighted by molar-refractivity contribution is 6.18. The highest BCUT2D eigenvalue weighted by atomic mass is 19.1. The number of amides is 3. The summed E-state index contributed by atoms with van der Waals surface area (Å²) in [5.41, 5.74) is 4.94. The molecule has 0 bridgehead atoms. The van der Waals surface area contributed by atoms with Crippen LogP contribution in [0.2, 0.25) is 0 Å². The number of carbonyl (C=O) groups excluding carboxylic acids is 3. The zero-order valence-electron chi connectivity index (χ0n) is 30.1. The summed E-state index contributed by atoms with van der Waals surface area (Å²) in [7, 11) is 0. The molecule has 0 radical (unpaired) electrons. The highest BCUT2D eigenvalue weighted by Crippen LogP contribution is 2.29. The number of nitrogens with zero attached hydrogens (tertiary/aromatic N) is 3. The van der Waals surface area contributed by atoms with E-state index in [0.717, 1.165) is 60.4 Å². The normalized spacial score (nSPS) is 17.5. The minimum atomic E-state index is -0.616. The average molecular weight is 705 g/mol. The molecule has 0 saturated carbocycles. The molecule has 0 spiro atoms. The number of hydrogen-bond donors (Lipinski definition) is 3. The van der Waals surface area contributed by atoms with Crippen molar-refractivity contribution in [3.8, 4) is 0 Å². The monoisotopic (exact) mass is 704 g/mol. The largest absolute Gasteiger partial charge is 0.363 e. The molecule has 3 atom stereocenters. The number of halogens is 1. The van der Waals surface area contributed by atoms with Gasteiger partial charge in [-0.05, 0) is 117 Å². The molecule has 9 nitrogen and oxygen atoms in total. The summed E-state index contributed by atoms with van der Waals surface area (Å²) in [4.78, 5) is 46.9. The van der Waals surface area contributed by atoms with Crippen molar-refractivity contribution in [3.63, 3.8) is 0 Å². The fourth-order valence-electron chi connectivity index (χ4n) is 7.18. The quantitative estimate of drug-likeness (QED) is 0.140. The molecule has 6 rings (SSSR count). The van der Waals surface area contributed by atoms with Gasteiger partial charge in [0.25, 0.3) is 11.8 Å². The third kappa shape index (κ3) is 8.93. The maximum absolute atomic E-state index is 14.6. The van der Waals surface area contributed by atoms with E-state index in [4.69, 9.17) is 0 Å². The van der Waals surface area contributed by atoms with Crippen LogP contribution in [0, 0.1) is 5.82 Å². The maximum Gasteiger partial charge on any atom is 0.255 e. The van der Waals surface area contributed by atoms with Crippen LogP contribution in [0.3, 0.4) is 0 Å². The lowest BCUT2D eigenvalue weighted by atomic mass is 10.0. The Morgan fingerprint density at radius 3 is 1.85 bits per heavy atom. The van der Waals surface area contributed by atoms with Crippen molar-refractivity contribution in [1.82, 2.24) is 15.5 Å². The van der Waals surface area contributed by atoms with Crippen molar-refractivity contribution in [1.29, 1.82) is 0 Å². The average Bonchev–Trinajstić information content (AvgIpc) is 3.92. The van der Waals surface area contributed by atoms with Crippen molar-refractivity contribution in [2.24, 2.45) is 0 Å². The van der Waals surface area contributed by atoms with Crippen molar-refractivity contribution in [2.75, 3.05) is 41.3 Å². The Morgan fingerprint density at radius 2 is 1.29 bits per heavy atom. The van der Waals surface area contributed by atoms with Crippen molar-refractivity contribution in [2.45, 2.75) is 70.7 Å². The molecule has 2 saturated heterocycles. The molecule has 0 aliphatic carbocycles. The minimum Gasteiger partial charge on any atom is -0.363 e. The number of likely N-dealkylation sites (N-methyl/N-ethyl adjacent to an activating group) is 1. The molecule has 2 fully saturated rings. The number of imide groups is 1. The summed E-state index contributed by atoms with van der Waals surface area (Å²) in [5, 5.41) is 9.52. The van der Waals surface area contributed by atoms with Gasteiger partial charge in [0.1, 0.15) is 11.9 Å². The van der Waals surface area contributed by atoms with Crippen molar-refractivity contribution < 1.29 is 18.8 Å². The lowest BCUT2D eigenvalue weighted by Gasteiger charge is -2.34. The van der Waals surface area contributed by atoms with Crippen LogP contribution in [0.15, 0.2) is 103 Å².